The molecule has 3 rings (SSSR count). The fraction of sp³-hybridized carbons (Fsp3) is 0.412. The molecule has 2 aromatic rings. The molecule has 0 spiro atoms. The molecular formula is C17H19N3S. The van der Waals surface area contributed by atoms with Gasteiger partial charge in [0.2, 0.25) is 0 Å². The molecule has 2 aromatic heterocycles. The van der Waals surface area contributed by atoms with Gasteiger partial charge in [-0.2, -0.15) is 5.26 Å². The zero-order valence-electron chi connectivity index (χ0n) is 12.2. The standard InChI is InChI=1S/C17H19N3S/c1-2-17(7-3-4-8-17)16-14(12-5-9-20-10-6-12)15(19)13(11-18)21-16/h5-6,9-10H,2-4,7-8,19H2,1H3. The van der Waals surface area contributed by atoms with Gasteiger partial charge in [-0.05, 0) is 37.0 Å². The first-order chi connectivity index (χ1) is 10.2. The van der Waals surface area contributed by atoms with Gasteiger partial charge in [0.25, 0.3) is 0 Å². The summed E-state index contributed by atoms with van der Waals surface area (Å²) < 4.78 is 0. The van der Waals surface area contributed by atoms with Crippen LogP contribution in [0.4, 0.5) is 5.69 Å². The first-order valence-electron chi connectivity index (χ1n) is 7.45. The van der Waals surface area contributed by atoms with Crippen LogP contribution in [-0.2, 0) is 5.41 Å². The Morgan fingerprint density at radius 2 is 2.00 bits per heavy atom. The molecule has 1 saturated carbocycles. The first-order valence-corrected chi connectivity index (χ1v) is 8.27. The van der Waals surface area contributed by atoms with Gasteiger partial charge < -0.3 is 5.73 Å². The van der Waals surface area contributed by atoms with Gasteiger partial charge in [-0.1, -0.05) is 19.8 Å². The Hall–Kier alpha value is -1.86. The average Bonchev–Trinajstić information content (AvgIpc) is 3.13. The highest BCUT2D eigenvalue weighted by atomic mass is 32.1. The van der Waals surface area contributed by atoms with Gasteiger partial charge in [-0.3, -0.25) is 4.98 Å². The molecule has 0 bridgehead atoms. The maximum Gasteiger partial charge on any atom is 0.128 e. The van der Waals surface area contributed by atoms with E-state index in [0.717, 1.165) is 17.5 Å². The zero-order chi connectivity index (χ0) is 14.9. The Labute approximate surface area is 129 Å². The lowest BCUT2D eigenvalue weighted by atomic mass is 9.79. The smallest absolute Gasteiger partial charge is 0.128 e. The molecule has 3 nitrogen and oxygen atoms in total. The number of pyridine rings is 1. The first kappa shape index (κ1) is 14.1. The highest BCUT2D eigenvalue weighted by Crippen LogP contribution is 2.52. The third-order valence-corrected chi connectivity index (χ3v) is 6.09. The molecule has 0 aromatic carbocycles. The SMILES string of the molecule is CCC1(c2sc(C#N)c(N)c2-c2ccncc2)CCCC1. The number of nitrogens with zero attached hydrogens (tertiary/aromatic N) is 2. The summed E-state index contributed by atoms with van der Waals surface area (Å²) >= 11 is 1.60. The Morgan fingerprint density at radius 1 is 1.33 bits per heavy atom. The van der Waals surface area contributed by atoms with Crippen molar-refractivity contribution in [2.75, 3.05) is 5.73 Å². The van der Waals surface area contributed by atoms with Crippen molar-refractivity contribution in [3.8, 4) is 17.2 Å². The molecule has 0 amide bonds. The predicted molar refractivity (Wildman–Crippen MR) is 87.1 cm³/mol. The molecular weight excluding hydrogens is 278 g/mol. The van der Waals surface area contributed by atoms with E-state index in [4.69, 9.17) is 5.73 Å². The molecule has 2 N–H and O–H groups in total. The van der Waals surface area contributed by atoms with Crippen LogP contribution in [0.1, 0.15) is 48.8 Å². The molecule has 0 radical (unpaired) electrons. The molecule has 1 fully saturated rings. The van der Waals surface area contributed by atoms with E-state index >= 15 is 0 Å². The van der Waals surface area contributed by atoms with E-state index in [9.17, 15) is 5.26 Å². The quantitative estimate of drug-likeness (QED) is 0.908. The second-order valence-electron chi connectivity index (χ2n) is 5.74. The molecule has 0 atom stereocenters. The topological polar surface area (TPSA) is 62.7 Å². The van der Waals surface area contributed by atoms with Gasteiger partial charge in [0.05, 0.1) is 5.69 Å². The predicted octanol–water partition coefficient (Wildman–Crippen LogP) is 4.49. The summed E-state index contributed by atoms with van der Waals surface area (Å²) in [5.74, 6) is 0. The van der Waals surface area contributed by atoms with Gasteiger partial charge >= 0.3 is 0 Å². The van der Waals surface area contributed by atoms with Gasteiger partial charge in [0.1, 0.15) is 10.9 Å². The number of anilines is 1. The van der Waals surface area contributed by atoms with E-state index in [2.05, 4.69) is 18.0 Å². The van der Waals surface area contributed by atoms with Crippen molar-refractivity contribution in [2.45, 2.75) is 44.4 Å². The Bertz CT molecular complexity index is 676. The molecule has 4 heteroatoms. The molecule has 0 saturated heterocycles. The third-order valence-electron chi connectivity index (χ3n) is 4.73. The summed E-state index contributed by atoms with van der Waals surface area (Å²) in [6.45, 7) is 2.25. The normalized spacial score (nSPS) is 16.8. The summed E-state index contributed by atoms with van der Waals surface area (Å²) in [7, 11) is 0. The number of aromatic nitrogens is 1. The van der Waals surface area contributed by atoms with E-state index in [-0.39, 0.29) is 5.41 Å². The van der Waals surface area contributed by atoms with Gasteiger partial charge in [-0.15, -0.1) is 11.3 Å². The number of hydrogen-bond donors (Lipinski definition) is 1. The summed E-state index contributed by atoms with van der Waals surface area (Å²) in [4.78, 5) is 6.05. The minimum atomic E-state index is 0.201. The van der Waals surface area contributed by atoms with Crippen LogP contribution in [0.25, 0.3) is 11.1 Å². The fourth-order valence-electron chi connectivity index (χ4n) is 3.50. The minimum Gasteiger partial charge on any atom is -0.396 e. The minimum absolute atomic E-state index is 0.201. The monoisotopic (exact) mass is 297 g/mol. The van der Waals surface area contributed by atoms with E-state index in [0.29, 0.717) is 10.6 Å². The summed E-state index contributed by atoms with van der Waals surface area (Å²) in [5, 5.41) is 9.37. The van der Waals surface area contributed by atoms with Crippen LogP contribution in [0, 0.1) is 11.3 Å². The van der Waals surface area contributed by atoms with E-state index in [1.54, 1.807) is 23.7 Å². The highest BCUT2D eigenvalue weighted by molar-refractivity contribution is 7.14. The van der Waals surface area contributed by atoms with Gasteiger partial charge in [-0.25, -0.2) is 0 Å². The van der Waals surface area contributed by atoms with Crippen LogP contribution in [0.5, 0.6) is 0 Å². The van der Waals surface area contributed by atoms with Crippen molar-refractivity contribution in [3.63, 3.8) is 0 Å². The third kappa shape index (κ3) is 2.22. The zero-order valence-corrected chi connectivity index (χ0v) is 13.0. The number of rotatable bonds is 3. The van der Waals surface area contributed by atoms with Crippen LogP contribution in [-0.4, -0.2) is 4.98 Å². The van der Waals surface area contributed by atoms with Gasteiger partial charge in [0, 0.05) is 28.2 Å². The Kier molecular flexibility index (Phi) is 3.69. The molecule has 2 heterocycles. The summed E-state index contributed by atoms with van der Waals surface area (Å²) in [6, 6.07) is 6.24. The van der Waals surface area contributed by atoms with Crippen LogP contribution < -0.4 is 5.73 Å². The lowest BCUT2D eigenvalue weighted by molar-refractivity contribution is 0.435. The van der Waals surface area contributed by atoms with Crippen molar-refractivity contribution in [1.29, 1.82) is 5.26 Å². The van der Waals surface area contributed by atoms with Crippen molar-refractivity contribution in [1.82, 2.24) is 4.98 Å². The van der Waals surface area contributed by atoms with E-state index in [1.807, 2.05) is 12.1 Å². The average molecular weight is 297 g/mol. The van der Waals surface area contributed by atoms with Crippen LogP contribution >= 0.6 is 11.3 Å². The Morgan fingerprint density at radius 3 is 2.57 bits per heavy atom. The molecule has 108 valence electrons. The van der Waals surface area contributed by atoms with Crippen molar-refractivity contribution in [3.05, 3.63) is 34.3 Å². The second-order valence-corrected chi connectivity index (χ2v) is 6.76. The van der Waals surface area contributed by atoms with Gasteiger partial charge in [0.15, 0.2) is 0 Å². The van der Waals surface area contributed by atoms with Crippen LogP contribution in [0.15, 0.2) is 24.5 Å². The lowest BCUT2D eigenvalue weighted by Crippen LogP contribution is -2.20. The number of nitrogen functional groups attached to an aromatic ring is 1. The van der Waals surface area contributed by atoms with Crippen LogP contribution in [0.3, 0.4) is 0 Å². The van der Waals surface area contributed by atoms with Crippen LogP contribution in [0.2, 0.25) is 0 Å². The number of nitrogens with two attached hydrogens (primary N) is 1. The van der Waals surface area contributed by atoms with E-state index < -0.39 is 0 Å². The summed E-state index contributed by atoms with van der Waals surface area (Å²) in [5.41, 5.74) is 9.29. The molecule has 0 aliphatic heterocycles. The lowest BCUT2D eigenvalue weighted by Gasteiger charge is -2.28. The van der Waals surface area contributed by atoms with Crippen molar-refractivity contribution >= 4 is 17.0 Å². The highest BCUT2D eigenvalue weighted by Gasteiger charge is 2.38. The maximum absolute atomic E-state index is 9.37. The van der Waals surface area contributed by atoms with Crippen molar-refractivity contribution in [2.24, 2.45) is 0 Å². The molecule has 1 aliphatic carbocycles. The second kappa shape index (κ2) is 5.50. The Balaban J connectivity index is 2.24. The van der Waals surface area contributed by atoms with Crippen molar-refractivity contribution < 1.29 is 0 Å². The molecule has 0 unspecified atom stereocenters. The largest absolute Gasteiger partial charge is 0.396 e. The molecule has 21 heavy (non-hydrogen) atoms. The number of thiophene rings is 1. The number of hydrogen-bond acceptors (Lipinski definition) is 4. The molecule has 1 aliphatic rings. The van der Waals surface area contributed by atoms with E-state index in [1.165, 1.54) is 30.6 Å². The number of nitriles is 1. The maximum atomic E-state index is 9.37. The fourth-order valence-corrected chi connectivity index (χ4v) is 4.86. The summed E-state index contributed by atoms with van der Waals surface area (Å²) in [6.07, 6.45) is 9.62.